The van der Waals surface area contributed by atoms with Gasteiger partial charge in [-0.25, -0.2) is 8.22 Å². The maximum absolute atomic E-state index is 9.88. The molecule has 0 aromatic rings. The molecule has 24 valence electrons. The zero-order valence-electron chi connectivity index (χ0n) is 1.66. The Morgan fingerprint density at radius 1 is 1.50 bits per heavy atom. The highest BCUT2D eigenvalue weighted by molar-refractivity contribution is 6.23. The average Bonchev–Trinajstić information content (AvgIpc) is 0.811. The van der Waals surface area contributed by atoms with Crippen LogP contribution < -0.4 is 0 Å². The Morgan fingerprint density at radius 3 is 1.50 bits per heavy atom. The maximum atomic E-state index is 9.88. The van der Waals surface area contributed by atoms with Crippen LogP contribution in [0.2, 0.25) is 0 Å². The van der Waals surface area contributed by atoms with Gasteiger partial charge in [0.1, 0.15) is 0 Å². The molecule has 0 atom stereocenters. The Bertz CT molecular complexity index is 29.0. The molecule has 0 aromatic heterocycles. The molecule has 1 nitrogen and oxygen atoms in total. The van der Waals surface area contributed by atoms with Crippen LogP contribution in [-0.2, 0) is 4.46 Å². The van der Waals surface area contributed by atoms with Gasteiger partial charge in [0.2, 0.25) is 0 Å². The van der Waals surface area contributed by atoms with E-state index < -0.39 is 9.35 Å². The van der Waals surface area contributed by atoms with Crippen molar-refractivity contribution in [1.29, 1.82) is 0 Å². The van der Waals surface area contributed by atoms with Crippen molar-refractivity contribution in [3.63, 3.8) is 0 Å². The lowest BCUT2D eigenvalue weighted by molar-refractivity contribution is 0.462. The summed E-state index contributed by atoms with van der Waals surface area (Å²) >= 11 is 0. The number of hydrogen-bond acceptors (Lipinski definition) is 1. The van der Waals surface area contributed by atoms with E-state index in [1.807, 2.05) is 0 Å². The molecule has 0 saturated carbocycles. The first-order chi connectivity index (χ1) is 1.73. The Hall–Kier alpha value is -0.123. The molecule has 4 heavy (non-hydrogen) atoms. The van der Waals surface area contributed by atoms with Gasteiger partial charge in [-0.1, -0.05) is 0 Å². The summed E-state index contributed by atoms with van der Waals surface area (Å²) in [6.45, 7) is 0. The molecule has 4 heteroatoms. The van der Waals surface area contributed by atoms with E-state index in [-0.39, 0.29) is 0 Å². The second-order valence-corrected chi connectivity index (χ2v) is 0.677. The molecule has 0 N–H and O–H groups in total. The van der Waals surface area contributed by atoms with Gasteiger partial charge in [-0.15, -0.1) is 0 Å². The van der Waals surface area contributed by atoms with E-state index in [9.17, 15) is 8.22 Å². The molecule has 0 aliphatic carbocycles. The Balaban J connectivity index is 2.80. The van der Waals surface area contributed by atoms with Gasteiger partial charge in [0.15, 0.2) is 0 Å². The van der Waals surface area contributed by atoms with Crippen molar-refractivity contribution >= 4 is 9.35 Å². The summed E-state index contributed by atoms with van der Waals surface area (Å²) in [7, 11) is -4.13. The molecule has 0 amide bonds. The fourth-order valence-corrected chi connectivity index (χ4v) is 0. The minimum Gasteiger partial charge on any atom is -0.301 e. The molecule has 0 unspecified atom stereocenters. The van der Waals surface area contributed by atoms with Crippen LogP contribution >= 0.6 is 0 Å². The summed E-state index contributed by atoms with van der Waals surface area (Å²) < 4.78 is 28.1. The molecule has 0 aliphatic heterocycles. The molecule has 0 aromatic carbocycles. The van der Waals surface area contributed by atoms with E-state index in [4.69, 9.17) is 4.46 Å². The summed E-state index contributed by atoms with van der Waals surface area (Å²) in [6.07, 6.45) is 0. The van der Waals surface area contributed by atoms with Gasteiger partial charge in [0.05, 0.1) is 0 Å². The highest BCUT2D eigenvalue weighted by Gasteiger charge is 1.89. The Labute approximate surface area is 23.3 Å². The van der Waals surface area contributed by atoms with Crippen molar-refractivity contribution in [2.24, 2.45) is 0 Å². The third-order valence-corrected chi connectivity index (χ3v) is 0. The van der Waals surface area contributed by atoms with Crippen LogP contribution in [0, 0.1) is 0 Å². The number of halogens is 2. The third kappa shape index (κ3) is 95.2. The standard InChI is InChI=1S/F2OSi/c1-4(2)3. The van der Waals surface area contributed by atoms with Gasteiger partial charge in [0.25, 0.3) is 0 Å². The van der Waals surface area contributed by atoms with E-state index >= 15 is 0 Å². The number of hydrogen-bond donors (Lipinski definition) is 0. The average molecular weight is 82.1 g/mol. The summed E-state index contributed by atoms with van der Waals surface area (Å²) in [6, 6.07) is 0. The van der Waals surface area contributed by atoms with Gasteiger partial charge in [-0.3, -0.25) is 0 Å². The van der Waals surface area contributed by atoms with Crippen molar-refractivity contribution in [3.8, 4) is 0 Å². The summed E-state index contributed by atoms with van der Waals surface area (Å²) in [5.74, 6) is 0. The fraction of sp³-hybridized carbons (Fsp3) is 0. The predicted molar refractivity (Wildman–Crippen MR) is 8.66 cm³/mol. The minimum atomic E-state index is -4.13. The molecule has 0 bridgehead atoms. The van der Waals surface area contributed by atoms with Crippen LogP contribution in [0.4, 0.5) is 8.22 Å². The van der Waals surface area contributed by atoms with Crippen LogP contribution in [-0.4, -0.2) is 9.35 Å². The minimum absolute atomic E-state index is 4.13. The maximum Gasteiger partial charge on any atom is 0.706 e. The first kappa shape index (κ1) is 3.88. The van der Waals surface area contributed by atoms with E-state index in [0.717, 1.165) is 0 Å². The van der Waals surface area contributed by atoms with E-state index in [1.54, 1.807) is 0 Å². The largest absolute Gasteiger partial charge is 0.706 e. The molecule has 0 spiro atoms. The van der Waals surface area contributed by atoms with Crippen molar-refractivity contribution in [2.45, 2.75) is 0 Å². The number of rotatable bonds is 0. The molecule has 0 radical (unpaired) electrons. The lowest BCUT2D eigenvalue weighted by Crippen LogP contribution is -1.66. The van der Waals surface area contributed by atoms with Crippen LogP contribution in [0.15, 0.2) is 0 Å². The Morgan fingerprint density at radius 2 is 1.50 bits per heavy atom. The van der Waals surface area contributed by atoms with E-state index in [0.29, 0.717) is 0 Å². The van der Waals surface area contributed by atoms with Crippen molar-refractivity contribution in [3.05, 3.63) is 0 Å². The fourth-order valence-electron chi connectivity index (χ4n) is 0. The van der Waals surface area contributed by atoms with Crippen LogP contribution in [0.5, 0.6) is 0 Å². The van der Waals surface area contributed by atoms with Crippen molar-refractivity contribution < 1.29 is 12.7 Å². The second kappa shape index (κ2) is 1.22. The quantitative estimate of drug-likeness (QED) is 0.304. The topological polar surface area (TPSA) is 17.1 Å². The molecule has 0 fully saturated rings. The SMILES string of the molecule is O=[Si](F)F. The summed E-state index contributed by atoms with van der Waals surface area (Å²) in [5.41, 5.74) is 0. The molecule has 0 heterocycles. The molecule has 0 rings (SSSR count). The normalized spacial score (nSPS) is 6.50. The molecular weight excluding hydrogens is 82.1 g/mol. The van der Waals surface area contributed by atoms with Crippen molar-refractivity contribution in [2.75, 3.05) is 0 Å². The highest BCUT2D eigenvalue weighted by Crippen LogP contribution is 1.60. The van der Waals surface area contributed by atoms with Crippen molar-refractivity contribution in [1.82, 2.24) is 0 Å². The smallest absolute Gasteiger partial charge is 0.301 e. The van der Waals surface area contributed by atoms with E-state index in [1.165, 1.54) is 0 Å². The van der Waals surface area contributed by atoms with Gasteiger partial charge in [0, 0.05) is 0 Å². The zero-order valence-corrected chi connectivity index (χ0v) is 2.66. The first-order valence-corrected chi connectivity index (χ1v) is 1.75. The monoisotopic (exact) mass is 82.0 g/mol. The van der Waals surface area contributed by atoms with Gasteiger partial charge in [-0.2, -0.15) is 0 Å². The third-order valence-electron chi connectivity index (χ3n) is 0. The lowest BCUT2D eigenvalue weighted by atomic mass is 16.0. The predicted octanol–water partition coefficient (Wildman–Crippen LogP) is 0.341. The zero-order chi connectivity index (χ0) is 3.58. The molecular formula is F2OSi. The van der Waals surface area contributed by atoms with Crippen LogP contribution in [0.3, 0.4) is 0 Å². The summed E-state index contributed by atoms with van der Waals surface area (Å²) in [5, 5.41) is 0. The molecule has 0 saturated heterocycles. The van der Waals surface area contributed by atoms with Gasteiger partial charge in [-0.05, 0) is 0 Å². The molecule has 0 aliphatic rings. The summed E-state index contributed by atoms with van der Waals surface area (Å²) in [4.78, 5) is 0. The van der Waals surface area contributed by atoms with Gasteiger partial charge >= 0.3 is 9.35 Å². The second-order valence-electron chi connectivity index (χ2n) is 0.226. The van der Waals surface area contributed by atoms with E-state index in [2.05, 4.69) is 0 Å². The first-order valence-electron chi connectivity index (χ1n) is 0.582. The van der Waals surface area contributed by atoms with Gasteiger partial charge < -0.3 is 4.46 Å². The lowest BCUT2D eigenvalue weighted by Gasteiger charge is -1.41. The Kier molecular flexibility index (Phi) is 1.19. The highest BCUT2D eigenvalue weighted by atomic mass is 28.3. The van der Waals surface area contributed by atoms with Crippen LogP contribution in [0.25, 0.3) is 0 Å². The van der Waals surface area contributed by atoms with Crippen LogP contribution in [0.1, 0.15) is 0 Å².